The molecule has 0 bridgehead atoms. The van der Waals surface area contributed by atoms with Crippen molar-refractivity contribution >= 4 is 5.90 Å². The number of rotatable bonds is 2. The highest BCUT2D eigenvalue weighted by molar-refractivity contribution is 5.96. The second kappa shape index (κ2) is 3.66. The van der Waals surface area contributed by atoms with Crippen LogP contribution >= 0.6 is 0 Å². The fourth-order valence-electron chi connectivity index (χ4n) is 1.70. The zero-order chi connectivity index (χ0) is 10.9. The zero-order valence-electron chi connectivity index (χ0n) is 9.03. The maximum Gasteiger partial charge on any atom is 0.216 e. The van der Waals surface area contributed by atoms with Gasteiger partial charge in [-0.25, -0.2) is 4.99 Å². The first kappa shape index (κ1) is 10.2. The van der Waals surface area contributed by atoms with E-state index >= 15 is 0 Å². The molecule has 1 aliphatic rings. The second-order valence-corrected chi connectivity index (χ2v) is 4.14. The van der Waals surface area contributed by atoms with Crippen LogP contribution in [-0.4, -0.2) is 24.2 Å². The fourth-order valence-corrected chi connectivity index (χ4v) is 1.70. The van der Waals surface area contributed by atoms with Crippen molar-refractivity contribution in [1.29, 1.82) is 0 Å². The minimum atomic E-state index is -0.870. The molecule has 0 fully saturated rings. The van der Waals surface area contributed by atoms with Crippen molar-refractivity contribution in [2.24, 2.45) is 4.99 Å². The number of hydrogen-bond donors (Lipinski definition) is 1. The van der Waals surface area contributed by atoms with Crippen molar-refractivity contribution in [2.45, 2.75) is 19.4 Å². The van der Waals surface area contributed by atoms with Gasteiger partial charge in [0.2, 0.25) is 5.90 Å². The molecule has 3 nitrogen and oxygen atoms in total. The van der Waals surface area contributed by atoms with E-state index in [4.69, 9.17) is 4.74 Å². The summed E-state index contributed by atoms with van der Waals surface area (Å²) in [6, 6.07) is 7.66. The molecule has 0 saturated carbocycles. The fraction of sp³-hybridized carbons (Fsp3) is 0.417. The summed E-state index contributed by atoms with van der Waals surface area (Å²) in [5.74, 6) is 0.646. The maximum absolute atomic E-state index is 10.0. The lowest BCUT2D eigenvalue weighted by Crippen LogP contribution is -2.20. The standard InChI is InChI=1S/C12H15NO2/c1-12(2,14)10-6-4-3-5-9(10)11-13-7-8-15-11/h3-6,14H,7-8H2,1-2H3. The van der Waals surface area contributed by atoms with Crippen LogP contribution in [0.25, 0.3) is 0 Å². The van der Waals surface area contributed by atoms with Crippen LogP contribution in [0.3, 0.4) is 0 Å². The van der Waals surface area contributed by atoms with Crippen LogP contribution in [0.15, 0.2) is 29.3 Å². The summed E-state index contributed by atoms with van der Waals surface area (Å²) in [5, 5.41) is 10.0. The smallest absolute Gasteiger partial charge is 0.216 e. The molecule has 2 rings (SSSR count). The summed E-state index contributed by atoms with van der Waals surface area (Å²) in [4.78, 5) is 4.26. The van der Waals surface area contributed by atoms with Gasteiger partial charge in [-0.05, 0) is 25.5 Å². The van der Waals surface area contributed by atoms with Crippen molar-refractivity contribution in [3.05, 3.63) is 35.4 Å². The molecular formula is C12H15NO2. The third-order valence-corrected chi connectivity index (χ3v) is 2.40. The molecule has 0 atom stereocenters. The van der Waals surface area contributed by atoms with Gasteiger partial charge in [-0.3, -0.25) is 0 Å². The van der Waals surface area contributed by atoms with E-state index in [1.807, 2.05) is 24.3 Å². The van der Waals surface area contributed by atoms with Crippen molar-refractivity contribution in [1.82, 2.24) is 0 Å². The lowest BCUT2D eigenvalue weighted by molar-refractivity contribution is 0.0781. The zero-order valence-corrected chi connectivity index (χ0v) is 9.03. The predicted octanol–water partition coefficient (Wildman–Crippen LogP) is 1.69. The molecule has 1 aromatic carbocycles. The van der Waals surface area contributed by atoms with Crippen LogP contribution < -0.4 is 0 Å². The summed E-state index contributed by atoms with van der Waals surface area (Å²) in [6.07, 6.45) is 0. The van der Waals surface area contributed by atoms with Crippen LogP contribution in [0.4, 0.5) is 0 Å². The molecular weight excluding hydrogens is 190 g/mol. The maximum atomic E-state index is 10.0. The van der Waals surface area contributed by atoms with Gasteiger partial charge in [0.1, 0.15) is 6.61 Å². The van der Waals surface area contributed by atoms with E-state index in [2.05, 4.69) is 4.99 Å². The lowest BCUT2D eigenvalue weighted by Gasteiger charge is -2.21. The first-order valence-corrected chi connectivity index (χ1v) is 5.08. The van der Waals surface area contributed by atoms with Crippen LogP contribution in [0, 0.1) is 0 Å². The van der Waals surface area contributed by atoms with Gasteiger partial charge in [-0.2, -0.15) is 0 Å². The Labute approximate surface area is 89.4 Å². The summed E-state index contributed by atoms with van der Waals surface area (Å²) in [6.45, 7) is 4.87. The molecule has 1 aliphatic heterocycles. The number of ether oxygens (including phenoxy) is 1. The van der Waals surface area contributed by atoms with Crippen LogP contribution in [-0.2, 0) is 10.3 Å². The van der Waals surface area contributed by atoms with Gasteiger partial charge >= 0.3 is 0 Å². The van der Waals surface area contributed by atoms with Crippen molar-refractivity contribution < 1.29 is 9.84 Å². The molecule has 0 aliphatic carbocycles. The first-order valence-electron chi connectivity index (χ1n) is 5.08. The van der Waals surface area contributed by atoms with E-state index in [9.17, 15) is 5.11 Å². The Hall–Kier alpha value is -1.35. The Morgan fingerprint density at radius 1 is 1.33 bits per heavy atom. The minimum absolute atomic E-state index is 0.634. The van der Waals surface area contributed by atoms with Gasteiger partial charge in [0.05, 0.1) is 12.1 Å². The third-order valence-electron chi connectivity index (χ3n) is 2.40. The molecule has 0 saturated heterocycles. The van der Waals surface area contributed by atoms with Gasteiger partial charge in [0.25, 0.3) is 0 Å². The van der Waals surface area contributed by atoms with E-state index in [0.29, 0.717) is 19.0 Å². The quantitative estimate of drug-likeness (QED) is 0.798. The first-order chi connectivity index (χ1) is 7.09. The number of benzene rings is 1. The normalized spacial score (nSPS) is 16.1. The molecule has 0 unspecified atom stereocenters. The second-order valence-electron chi connectivity index (χ2n) is 4.14. The minimum Gasteiger partial charge on any atom is -0.476 e. The molecule has 15 heavy (non-hydrogen) atoms. The molecule has 80 valence electrons. The van der Waals surface area contributed by atoms with Gasteiger partial charge in [-0.15, -0.1) is 0 Å². The Morgan fingerprint density at radius 3 is 2.67 bits per heavy atom. The van der Waals surface area contributed by atoms with Crippen molar-refractivity contribution in [3.8, 4) is 0 Å². The van der Waals surface area contributed by atoms with E-state index in [0.717, 1.165) is 11.1 Å². The summed E-state index contributed by atoms with van der Waals surface area (Å²) in [7, 11) is 0. The Bertz CT molecular complexity index is 391. The third kappa shape index (κ3) is 2.02. The molecule has 3 heteroatoms. The Balaban J connectivity index is 2.47. The Kier molecular flexibility index (Phi) is 2.49. The molecule has 0 amide bonds. The molecule has 0 aromatic heterocycles. The van der Waals surface area contributed by atoms with Crippen molar-refractivity contribution in [2.75, 3.05) is 13.2 Å². The summed E-state index contributed by atoms with van der Waals surface area (Å²) < 4.78 is 5.41. The highest BCUT2D eigenvalue weighted by Gasteiger charge is 2.23. The largest absolute Gasteiger partial charge is 0.476 e. The average Bonchev–Trinajstić information content (AvgIpc) is 2.69. The van der Waals surface area contributed by atoms with Gasteiger partial charge in [0, 0.05) is 5.56 Å². The summed E-state index contributed by atoms with van der Waals surface area (Å²) in [5.41, 5.74) is 0.874. The number of aliphatic hydroxyl groups is 1. The molecule has 1 heterocycles. The molecule has 1 aromatic rings. The SMILES string of the molecule is CC(C)(O)c1ccccc1C1=NCCO1. The highest BCUT2D eigenvalue weighted by Crippen LogP contribution is 2.25. The topological polar surface area (TPSA) is 41.8 Å². The van der Waals surface area contributed by atoms with E-state index in [-0.39, 0.29) is 0 Å². The van der Waals surface area contributed by atoms with E-state index in [1.54, 1.807) is 13.8 Å². The van der Waals surface area contributed by atoms with E-state index in [1.165, 1.54) is 0 Å². The van der Waals surface area contributed by atoms with Crippen LogP contribution in [0.5, 0.6) is 0 Å². The van der Waals surface area contributed by atoms with E-state index < -0.39 is 5.60 Å². The van der Waals surface area contributed by atoms with Crippen LogP contribution in [0.2, 0.25) is 0 Å². The number of aliphatic imine (C=N–C) groups is 1. The molecule has 0 spiro atoms. The van der Waals surface area contributed by atoms with Crippen LogP contribution in [0.1, 0.15) is 25.0 Å². The van der Waals surface area contributed by atoms with Crippen molar-refractivity contribution in [3.63, 3.8) is 0 Å². The van der Waals surface area contributed by atoms with Gasteiger partial charge in [0.15, 0.2) is 0 Å². The molecule has 0 radical (unpaired) electrons. The predicted molar refractivity (Wildman–Crippen MR) is 59.0 cm³/mol. The monoisotopic (exact) mass is 205 g/mol. The molecule has 1 N–H and O–H groups in total. The highest BCUT2D eigenvalue weighted by atomic mass is 16.5. The number of hydrogen-bond acceptors (Lipinski definition) is 3. The lowest BCUT2D eigenvalue weighted by atomic mass is 9.93. The average molecular weight is 205 g/mol. The summed E-state index contributed by atoms with van der Waals surface area (Å²) >= 11 is 0. The van der Waals surface area contributed by atoms with Gasteiger partial charge < -0.3 is 9.84 Å². The number of nitrogens with zero attached hydrogens (tertiary/aromatic N) is 1. The van der Waals surface area contributed by atoms with Gasteiger partial charge in [-0.1, -0.05) is 18.2 Å². The Morgan fingerprint density at radius 2 is 2.07 bits per heavy atom.